The number of barbiturate groups is 1. The van der Waals surface area contributed by atoms with Crippen LogP contribution in [0.25, 0.3) is 6.08 Å². The maximum Gasteiger partial charge on any atom is 0.328 e. The molecule has 0 unspecified atom stereocenters. The zero-order chi connectivity index (χ0) is 21.1. The Kier molecular flexibility index (Phi) is 5.81. The fourth-order valence-corrected chi connectivity index (χ4v) is 3.10. The zero-order valence-electron chi connectivity index (χ0n) is 14.4. The summed E-state index contributed by atoms with van der Waals surface area (Å²) < 4.78 is 5.58. The minimum absolute atomic E-state index is 0.0194. The number of hydrogen-bond acceptors (Lipinski definition) is 6. The zero-order valence-corrected chi connectivity index (χ0v) is 15.9. The monoisotopic (exact) mass is 435 g/mol. The molecule has 2 aromatic rings. The van der Waals surface area contributed by atoms with Crippen molar-refractivity contribution in [3.05, 3.63) is 73.3 Å². The lowest BCUT2D eigenvalue weighted by Gasteiger charge is -2.14. The lowest BCUT2D eigenvalue weighted by molar-refractivity contribution is -0.384. The van der Waals surface area contributed by atoms with E-state index in [1.54, 1.807) is 6.07 Å². The Morgan fingerprint density at radius 1 is 1.03 bits per heavy atom. The number of hydrogen-bond donors (Lipinski definition) is 2. The molecule has 0 spiro atoms. The van der Waals surface area contributed by atoms with Gasteiger partial charge in [-0.1, -0.05) is 35.3 Å². The molecule has 2 aromatic carbocycles. The third-order valence-corrected chi connectivity index (χ3v) is 4.34. The van der Waals surface area contributed by atoms with Gasteiger partial charge >= 0.3 is 6.03 Å². The van der Waals surface area contributed by atoms with Crippen LogP contribution in [0.4, 0.5) is 10.5 Å². The molecular formula is C18H11Cl2N3O6. The van der Waals surface area contributed by atoms with Crippen molar-refractivity contribution in [3.8, 4) is 5.75 Å². The number of carbonyl (C=O) groups excluding carboxylic acids is 3. The number of nitrogens with zero attached hydrogens (tertiary/aromatic N) is 1. The van der Waals surface area contributed by atoms with Gasteiger partial charge in [-0.2, -0.15) is 0 Å². The van der Waals surface area contributed by atoms with Gasteiger partial charge < -0.3 is 4.74 Å². The Morgan fingerprint density at radius 3 is 2.24 bits per heavy atom. The first kappa shape index (κ1) is 20.3. The number of nitro groups is 1. The Bertz CT molecular complexity index is 1040. The second-order valence-corrected chi connectivity index (χ2v) is 6.64. The Labute approximate surface area is 173 Å². The van der Waals surface area contributed by atoms with E-state index in [0.29, 0.717) is 11.1 Å². The van der Waals surface area contributed by atoms with Crippen molar-refractivity contribution >= 4 is 52.8 Å². The number of urea groups is 1. The van der Waals surface area contributed by atoms with Crippen molar-refractivity contribution in [2.75, 3.05) is 0 Å². The molecular weight excluding hydrogens is 425 g/mol. The standard InChI is InChI=1S/C18H11Cl2N3O6/c19-13-6-10(5-12-16(24)21-18(26)22-17(12)25)7-14(20)15(13)29-8-9-2-1-3-11(4-9)23(27)28/h1-7H,8H2,(H2,21,22,24,25,26). The van der Waals surface area contributed by atoms with Crippen LogP contribution < -0.4 is 15.4 Å². The van der Waals surface area contributed by atoms with Crippen molar-refractivity contribution in [2.24, 2.45) is 0 Å². The predicted octanol–water partition coefficient (Wildman–Crippen LogP) is 3.23. The molecule has 29 heavy (non-hydrogen) atoms. The molecule has 3 rings (SSSR count). The van der Waals surface area contributed by atoms with Crippen LogP contribution in [0, 0.1) is 10.1 Å². The molecule has 9 nitrogen and oxygen atoms in total. The summed E-state index contributed by atoms with van der Waals surface area (Å²) in [5.74, 6) is -1.57. The average Bonchev–Trinajstić information content (AvgIpc) is 2.64. The fourth-order valence-electron chi connectivity index (χ4n) is 2.49. The van der Waals surface area contributed by atoms with E-state index in [9.17, 15) is 24.5 Å². The van der Waals surface area contributed by atoms with E-state index in [2.05, 4.69) is 0 Å². The largest absolute Gasteiger partial charge is 0.486 e. The van der Waals surface area contributed by atoms with E-state index >= 15 is 0 Å². The first-order valence-electron chi connectivity index (χ1n) is 7.98. The van der Waals surface area contributed by atoms with Crippen molar-refractivity contribution in [1.29, 1.82) is 0 Å². The number of halogens is 2. The van der Waals surface area contributed by atoms with Gasteiger partial charge in [-0.3, -0.25) is 30.3 Å². The second-order valence-electron chi connectivity index (χ2n) is 5.82. The SMILES string of the molecule is O=C1NC(=O)C(=Cc2cc(Cl)c(OCc3cccc([N+](=O)[O-])c3)c(Cl)c2)C(=O)N1. The van der Waals surface area contributed by atoms with Crippen LogP contribution in [-0.4, -0.2) is 22.8 Å². The number of amides is 4. The fraction of sp³-hybridized carbons (Fsp3) is 0.0556. The Morgan fingerprint density at radius 2 is 1.66 bits per heavy atom. The lowest BCUT2D eigenvalue weighted by atomic mass is 10.1. The van der Waals surface area contributed by atoms with Crippen LogP contribution in [-0.2, 0) is 16.2 Å². The highest BCUT2D eigenvalue weighted by Gasteiger charge is 2.27. The van der Waals surface area contributed by atoms with Gasteiger partial charge in [-0.05, 0) is 29.3 Å². The van der Waals surface area contributed by atoms with Gasteiger partial charge in [0.1, 0.15) is 12.2 Å². The van der Waals surface area contributed by atoms with E-state index in [1.807, 2.05) is 10.6 Å². The highest BCUT2D eigenvalue weighted by molar-refractivity contribution is 6.37. The first-order chi connectivity index (χ1) is 13.7. The number of non-ortho nitro benzene ring substituents is 1. The van der Waals surface area contributed by atoms with E-state index in [0.717, 1.165) is 0 Å². The molecule has 4 amide bonds. The molecule has 0 bridgehead atoms. The quantitative estimate of drug-likeness (QED) is 0.321. The van der Waals surface area contributed by atoms with E-state index in [4.69, 9.17) is 27.9 Å². The minimum Gasteiger partial charge on any atom is -0.486 e. The third kappa shape index (κ3) is 4.71. The third-order valence-electron chi connectivity index (χ3n) is 3.78. The van der Waals surface area contributed by atoms with Gasteiger partial charge in [0.05, 0.1) is 15.0 Å². The predicted molar refractivity (Wildman–Crippen MR) is 104 cm³/mol. The molecule has 1 aliphatic rings. The number of benzene rings is 2. The average molecular weight is 436 g/mol. The highest BCUT2D eigenvalue weighted by Crippen LogP contribution is 2.35. The maximum atomic E-state index is 11.8. The molecule has 1 fully saturated rings. The number of rotatable bonds is 5. The molecule has 0 radical (unpaired) electrons. The van der Waals surface area contributed by atoms with Gasteiger partial charge in [0.15, 0.2) is 5.75 Å². The van der Waals surface area contributed by atoms with Crippen molar-refractivity contribution in [2.45, 2.75) is 6.61 Å². The summed E-state index contributed by atoms with van der Waals surface area (Å²) >= 11 is 12.4. The van der Waals surface area contributed by atoms with Crippen molar-refractivity contribution in [3.63, 3.8) is 0 Å². The van der Waals surface area contributed by atoms with Crippen LogP contribution in [0.1, 0.15) is 11.1 Å². The number of carbonyl (C=O) groups is 3. The lowest BCUT2D eigenvalue weighted by Crippen LogP contribution is -2.51. The number of ether oxygens (including phenoxy) is 1. The molecule has 1 heterocycles. The van der Waals surface area contributed by atoms with Crippen LogP contribution >= 0.6 is 23.2 Å². The topological polar surface area (TPSA) is 128 Å². The van der Waals surface area contributed by atoms with Crippen LogP contribution in [0.5, 0.6) is 5.75 Å². The van der Waals surface area contributed by atoms with Gasteiger partial charge in [0.2, 0.25) is 0 Å². The van der Waals surface area contributed by atoms with Crippen LogP contribution in [0.3, 0.4) is 0 Å². The summed E-state index contributed by atoms with van der Waals surface area (Å²) in [5.41, 5.74) is 0.505. The molecule has 0 saturated carbocycles. The maximum absolute atomic E-state index is 11.8. The summed E-state index contributed by atoms with van der Waals surface area (Å²) in [6, 6.07) is 7.83. The van der Waals surface area contributed by atoms with E-state index < -0.39 is 22.8 Å². The molecule has 0 aromatic heterocycles. The number of imide groups is 2. The summed E-state index contributed by atoms with van der Waals surface area (Å²) in [6.07, 6.45) is 1.22. The number of nitro benzene ring substituents is 1. The van der Waals surface area contributed by atoms with Gasteiger partial charge in [0, 0.05) is 12.1 Å². The second kappa shape index (κ2) is 8.29. The van der Waals surface area contributed by atoms with Crippen LogP contribution in [0.2, 0.25) is 10.0 Å². The van der Waals surface area contributed by atoms with Gasteiger partial charge in [-0.25, -0.2) is 4.79 Å². The van der Waals surface area contributed by atoms with E-state index in [-0.39, 0.29) is 33.7 Å². The molecule has 0 aliphatic carbocycles. The normalized spacial score (nSPS) is 13.6. The first-order valence-corrected chi connectivity index (χ1v) is 8.73. The van der Waals surface area contributed by atoms with E-state index in [1.165, 1.54) is 36.4 Å². The van der Waals surface area contributed by atoms with Crippen LogP contribution in [0.15, 0.2) is 42.0 Å². The summed E-state index contributed by atoms with van der Waals surface area (Å²) in [4.78, 5) is 45.0. The summed E-state index contributed by atoms with van der Waals surface area (Å²) in [6.45, 7) is -0.0194. The van der Waals surface area contributed by atoms with Gasteiger partial charge in [0.25, 0.3) is 17.5 Å². The molecule has 1 aliphatic heterocycles. The molecule has 1 saturated heterocycles. The summed E-state index contributed by atoms with van der Waals surface area (Å²) in [7, 11) is 0. The smallest absolute Gasteiger partial charge is 0.328 e. The Hall–Kier alpha value is -3.43. The number of nitrogens with one attached hydrogen (secondary N) is 2. The molecule has 148 valence electrons. The molecule has 0 atom stereocenters. The minimum atomic E-state index is -0.905. The summed E-state index contributed by atoms with van der Waals surface area (Å²) in [5, 5.41) is 15.0. The van der Waals surface area contributed by atoms with Gasteiger partial charge in [-0.15, -0.1) is 0 Å². The molecule has 11 heteroatoms. The Balaban J connectivity index is 1.81. The van der Waals surface area contributed by atoms with Crippen molar-refractivity contribution < 1.29 is 24.0 Å². The van der Waals surface area contributed by atoms with Crippen molar-refractivity contribution in [1.82, 2.24) is 10.6 Å². The highest BCUT2D eigenvalue weighted by atomic mass is 35.5. The molecule has 2 N–H and O–H groups in total.